The number of ether oxygens (including phenoxy) is 2. The van der Waals surface area contributed by atoms with E-state index in [4.69, 9.17) is 4.74 Å². The van der Waals surface area contributed by atoms with Crippen LogP contribution >= 0.6 is 0 Å². The number of rotatable bonds is 8. The predicted molar refractivity (Wildman–Crippen MR) is 95.5 cm³/mol. The van der Waals surface area contributed by atoms with Crippen LogP contribution in [0.1, 0.15) is 12.8 Å². The third-order valence-electron chi connectivity index (χ3n) is 4.13. The van der Waals surface area contributed by atoms with Crippen LogP contribution in [-0.2, 0) is 14.3 Å². The average molecular weight is 349 g/mol. The Morgan fingerprint density at radius 2 is 1.92 bits per heavy atom. The van der Waals surface area contributed by atoms with Crippen molar-refractivity contribution in [3.05, 3.63) is 30.3 Å². The third-order valence-corrected chi connectivity index (χ3v) is 4.13. The van der Waals surface area contributed by atoms with Crippen molar-refractivity contribution in [3.63, 3.8) is 0 Å². The first-order valence-corrected chi connectivity index (χ1v) is 8.67. The Kier molecular flexibility index (Phi) is 8.21. The third kappa shape index (κ3) is 7.11. The highest BCUT2D eigenvalue weighted by Gasteiger charge is 2.16. The number of benzene rings is 1. The van der Waals surface area contributed by atoms with Gasteiger partial charge in [0.2, 0.25) is 0 Å². The SMILES string of the molecule is COC(=O)CCN(CCCN1CCOCC1)C(=O)Nc1ccccc1. The van der Waals surface area contributed by atoms with Gasteiger partial charge in [-0.05, 0) is 18.6 Å². The number of amides is 2. The van der Waals surface area contributed by atoms with Crippen molar-refractivity contribution in [2.45, 2.75) is 12.8 Å². The summed E-state index contributed by atoms with van der Waals surface area (Å²) in [5.74, 6) is -0.314. The number of carbonyl (C=O) groups is 2. The highest BCUT2D eigenvalue weighted by atomic mass is 16.5. The molecule has 0 spiro atoms. The van der Waals surface area contributed by atoms with Crippen molar-refractivity contribution in [1.29, 1.82) is 0 Å². The summed E-state index contributed by atoms with van der Waals surface area (Å²) in [6.45, 7) is 5.23. The molecule has 2 amide bonds. The molecule has 0 bridgehead atoms. The van der Waals surface area contributed by atoms with E-state index in [2.05, 4.69) is 15.0 Å². The van der Waals surface area contributed by atoms with Gasteiger partial charge in [0.1, 0.15) is 0 Å². The quantitative estimate of drug-likeness (QED) is 0.725. The van der Waals surface area contributed by atoms with Gasteiger partial charge in [0.15, 0.2) is 0 Å². The second-order valence-corrected chi connectivity index (χ2v) is 5.92. The summed E-state index contributed by atoms with van der Waals surface area (Å²) in [5.41, 5.74) is 0.740. The lowest BCUT2D eigenvalue weighted by atomic mass is 10.3. The molecule has 1 heterocycles. The van der Waals surface area contributed by atoms with E-state index in [-0.39, 0.29) is 18.4 Å². The molecule has 1 aliphatic rings. The summed E-state index contributed by atoms with van der Waals surface area (Å²) < 4.78 is 10.0. The molecular formula is C18H27N3O4. The Morgan fingerprint density at radius 1 is 1.20 bits per heavy atom. The number of esters is 1. The van der Waals surface area contributed by atoms with Crippen LogP contribution in [0.25, 0.3) is 0 Å². The smallest absolute Gasteiger partial charge is 0.321 e. The summed E-state index contributed by atoms with van der Waals surface area (Å²) in [5, 5.41) is 2.87. The summed E-state index contributed by atoms with van der Waals surface area (Å²) in [4.78, 5) is 27.9. The fourth-order valence-electron chi connectivity index (χ4n) is 2.68. The topological polar surface area (TPSA) is 71.1 Å². The zero-order chi connectivity index (χ0) is 17.9. The Bertz CT molecular complexity index is 532. The average Bonchev–Trinajstić information content (AvgIpc) is 2.65. The van der Waals surface area contributed by atoms with E-state index in [9.17, 15) is 9.59 Å². The molecule has 0 radical (unpaired) electrons. The van der Waals surface area contributed by atoms with Crippen molar-refractivity contribution >= 4 is 17.7 Å². The van der Waals surface area contributed by atoms with Gasteiger partial charge in [-0.2, -0.15) is 0 Å². The van der Waals surface area contributed by atoms with Crippen LogP contribution in [0.5, 0.6) is 0 Å². The minimum Gasteiger partial charge on any atom is -0.469 e. The molecule has 25 heavy (non-hydrogen) atoms. The number of anilines is 1. The zero-order valence-corrected chi connectivity index (χ0v) is 14.8. The first-order valence-electron chi connectivity index (χ1n) is 8.67. The lowest BCUT2D eigenvalue weighted by molar-refractivity contribution is -0.140. The van der Waals surface area contributed by atoms with Gasteiger partial charge in [-0.25, -0.2) is 4.79 Å². The lowest BCUT2D eigenvalue weighted by Gasteiger charge is -2.28. The Balaban J connectivity index is 1.84. The number of nitrogens with zero attached hydrogens (tertiary/aromatic N) is 2. The number of hydrogen-bond acceptors (Lipinski definition) is 5. The molecule has 0 saturated carbocycles. The lowest BCUT2D eigenvalue weighted by Crippen LogP contribution is -2.41. The number of nitrogens with one attached hydrogen (secondary N) is 1. The molecule has 0 unspecified atom stereocenters. The van der Waals surface area contributed by atoms with E-state index in [0.717, 1.165) is 45.0 Å². The second-order valence-electron chi connectivity index (χ2n) is 5.92. The van der Waals surface area contributed by atoms with Crippen LogP contribution < -0.4 is 5.32 Å². The van der Waals surface area contributed by atoms with Crippen molar-refractivity contribution in [1.82, 2.24) is 9.80 Å². The van der Waals surface area contributed by atoms with Gasteiger partial charge in [-0.1, -0.05) is 18.2 Å². The van der Waals surface area contributed by atoms with Gasteiger partial charge in [-0.3, -0.25) is 9.69 Å². The van der Waals surface area contributed by atoms with Crippen LogP contribution in [-0.4, -0.2) is 74.8 Å². The highest BCUT2D eigenvalue weighted by molar-refractivity contribution is 5.89. The molecule has 1 fully saturated rings. The van der Waals surface area contributed by atoms with E-state index in [1.807, 2.05) is 30.3 Å². The maximum absolute atomic E-state index is 12.5. The van der Waals surface area contributed by atoms with Gasteiger partial charge in [0.05, 0.1) is 26.7 Å². The molecule has 1 aliphatic heterocycles. The van der Waals surface area contributed by atoms with E-state index in [1.165, 1.54) is 7.11 Å². The molecule has 0 aliphatic carbocycles. The summed E-state index contributed by atoms with van der Waals surface area (Å²) in [6, 6.07) is 9.11. The van der Waals surface area contributed by atoms with Crippen LogP contribution in [0.4, 0.5) is 10.5 Å². The molecule has 0 aromatic heterocycles. The first kappa shape index (κ1) is 19.2. The summed E-state index contributed by atoms with van der Waals surface area (Å²) in [7, 11) is 1.36. The Morgan fingerprint density at radius 3 is 2.60 bits per heavy atom. The molecule has 1 N–H and O–H groups in total. The maximum atomic E-state index is 12.5. The molecule has 1 aromatic carbocycles. The largest absolute Gasteiger partial charge is 0.469 e. The molecule has 7 heteroatoms. The molecule has 138 valence electrons. The fourth-order valence-corrected chi connectivity index (χ4v) is 2.68. The van der Waals surface area contributed by atoms with Crippen molar-refractivity contribution < 1.29 is 19.1 Å². The predicted octanol–water partition coefficient (Wildman–Crippen LogP) is 1.81. The van der Waals surface area contributed by atoms with Gasteiger partial charge in [0, 0.05) is 38.4 Å². The van der Waals surface area contributed by atoms with E-state index < -0.39 is 0 Å². The number of hydrogen-bond donors (Lipinski definition) is 1. The van der Waals surface area contributed by atoms with Crippen molar-refractivity contribution in [3.8, 4) is 0 Å². The van der Waals surface area contributed by atoms with Gasteiger partial charge in [-0.15, -0.1) is 0 Å². The van der Waals surface area contributed by atoms with Crippen LogP contribution in [0.3, 0.4) is 0 Å². The second kappa shape index (κ2) is 10.7. The minimum atomic E-state index is -0.314. The molecule has 1 saturated heterocycles. The molecular weight excluding hydrogens is 322 g/mol. The van der Waals surface area contributed by atoms with E-state index >= 15 is 0 Å². The highest BCUT2D eigenvalue weighted by Crippen LogP contribution is 2.08. The minimum absolute atomic E-state index is 0.191. The molecule has 2 rings (SSSR count). The number of urea groups is 1. The summed E-state index contributed by atoms with van der Waals surface area (Å²) >= 11 is 0. The monoisotopic (exact) mass is 349 g/mol. The number of morpholine rings is 1. The first-order chi connectivity index (χ1) is 12.2. The van der Waals surface area contributed by atoms with Gasteiger partial charge in [0.25, 0.3) is 0 Å². The number of methoxy groups -OCH3 is 1. The normalized spacial score (nSPS) is 14.8. The number of carbonyl (C=O) groups excluding carboxylic acids is 2. The van der Waals surface area contributed by atoms with Crippen molar-refractivity contribution in [2.24, 2.45) is 0 Å². The van der Waals surface area contributed by atoms with Crippen LogP contribution in [0.15, 0.2) is 30.3 Å². The van der Waals surface area contributed by atoms with Crippen molar-refractivity contribution in [2.75, 3.05) is 58.4 Å². The fraction of sp³-hybridized carbons (Fsp3) is 0.556. The Hall–Kier alpha value is -2.12. The molecule has 1 aromatic rings. The standard InChI is InChI=1S/C18H27N3O4/c1-24-17(22)8-11-21(10-5-9-20-12-14-25-15-13-20)18(23)19-16-6-3-2-4-7-16/h2-4,6-7H,5,8-15H2,1H3,(H,19,23). The molecule has 0 atom stereocenters. The zero-order valence-electron chi connectivity index (χ0n) is 14.8. The van der Waals surface area contributed by atoms with Crippen LogP contribution in [0, 0.1) is 0 Å². The van der Waals surface area contributed by atoms with Crippen LogP contribution in [0.2, 0.25) is 0 Å². The Labute approximate surface area is 148 Å². The van der Waals surface area contributed by atoms with Gasteiger partial charge >= 0.3 is 12.0 Å². The number of para-hydroxylation sites is 1. The summed E-state index contributed by atoms with van der Waals surface area (Å²) in [6.07, 6.45) is 1.04. The van der Waals surface area contributed by atoms with E-state index in [0.29, 0.717) is 13.1 Å². The molecule has 7 nitrogen and oxygen atoms in total. The maximum Gasteiger partial charge on any atom is 0.321 e. The van der Waals surface area contributed by atoms with Gasteiger partial charge < -0.3 is 19.7 Å². The van der Waals surface area contributed by atoms with E-state index in [1.54, 1.807) is 4.90 Å².